The molecule has 0 N–H and O–H groups in total. The summed E-state index contributed by atoms with van der Waals surface area (Å²) in [5, 5.41) is 10.1. The van der Waals surface area contributed by atoms with Crippen LogP contribution < -0.4 is 23.7 Å². The molecule has 0 unspecified atom stereocenters. The molecule has 0 saturated heterocycles. The van der Waals surface area contributed by atoms with Gasteiger partial charge in [-0.25, -0.2) is 4.79 Å². The Bertz CT molecular complexity index is 1250. The molecule has 174 valence electrons. The van der Waals surface area contributed by atoms with Gasteiger partial charge in [0.15, 0.2) is 29.6 Å². The molecular weight excluding hydrogens is 458 g/mol. The van der Waals surface area contributed by atoms with Crippen LogP contribution in [0, 0.1) is 11.3 Å². The lowest BCUT2D eigenvalue weighted by atomic mass is 10.0. The highest BCUT2D eigenvalue weighted by Crippen LogP contribution is 2.33. The van der Waals surface area contributed by atoms with Crippen LogP contribution in [0.25, 0.3) is 11.6 Å². The molecule has 0 aromatic heterocycles. The van der Waals surface area contributed by atoms with Gasteiger partial charge in [0.25, 0.3) is 0 Å². The summed E-state index contributed by atoms with van der Waals surface area (Å²) in [6, 6.07) is 19.2. The lowest BCUT2D eigenvalue weighted by molar-refractivity contribution is -0.136. The smallest absolute Gasteiger partial charge is 0.349 e. The molecule has 0 heterocycles. The number of ether oxygens (including phenoxy) is 5. The van der Waals surface area contributed by atoms with Gasteiger partial charge < -0.3 is 23.7 Å². The standard InChI is InChI=1S/C26H22ClNO6/c1-30-22-11-9-18(14-25(22)32-3)19(15-28)12-17-8-10-23(24(13-17)31-2)34-26(29)16-33-21-7-5-4-6-20(21)27/h4-14H,16H2,1-3H3/b19-12-. The Balaban J connectivity index is 1.77. The van der Waals surface area contributed by atoms with Crippen molar-refractivity contribution >= 4 is 29.2 Å². The normalized spacial score (nSPS) is 10.7. The zero-order valence-electron chi connectivity index (χ0n) is 18.8. The highest BCUT2D eigenvalue weighted by atomic mass is 35.5. The molecular formula is C26H22ClNO6. The monoisotopic (exact) mass is 479 g/mol. The highest BCUT2D eigenvalue weighted by molar-refractivity contribution is 6.32. The molecule has 0 atom stereocenters. The van der Waals surface area contributed by atoms with E-state index in [2.05, 4.69) is 6.07 Å². The number of nitriles is 1. The maximum atomic E-state index is 12.2. The van der Waals surface area contributed by atoms with Gasteiger partial charge in [0.2, 0.25) is 0 Å². The summed E-state index contributed by atoms with van der Waals surface area (Å²) in [6.45, 7) is -0.327. The Labute approximate surface area is 202 Å². The van der Waals surface area contributed by atoms with Gasteiger partial charge >= 0.3 is 5.97 Å². The largest absolute Gasteiger partial charge is 0.493 e. The van der Waals surface area contributed by atoms with Crippen molar-refractivity contribution in [3.63, 3.8) is 0 Å². The van der Waals surface area contributed by atoms with Crippen molar-refractivity contribution in [1.29, 1.82) is 5.26 Å². The number of rotatable bonds is 9. The van der Waals surface area contributed by atoms with Crippen LogP contribution in [0.15, 0.2) is 60.7 Å². The van der Waals surface area contributed by atoms with E-state index >= 15 is 0 Å². The Morgan fingerprint density at radius 2 is 1.56 bits per heavy atom. The molecule has 8 heteroatoms. The predicted molar refractivity (Wildman–Crippen MR) is 129 cm³/mol. The first-order valence-corrected chi connectivity index (χ1v) is 10.5. The molecule has 34 heavy (non-hydrogen) atoms. The van der Waals surface area contributed by atoms with Crippen LogP contribution in [-0.4, -0.2) is 33.9 Å². The van der Waals surface area contributed by atoms with Crippen molar-refractivity contribution in [2.75, 3.05) is 27.9 Å². The summed E-state index contributed by atoms with van der Waals surface area (Å²) in [6.07, 6.45) is 1.69. The van der Waals surface area contributed by atoms with Gasteiger partial charge in [-0.2, -0.15) is 5.26 Å². The fourth-order valence-corrected chi connectivity index (χ4v) is 3.25. The third-order valence-corrected chi connectivity index (χ3v) is 5.03. The Kier molecular flexibility index (Phi) is 8.38. The van der Waals surface area contributed by atoms with Crippen molar-refractivity contribution in [2.45, 2.75) is 0 Å². The first-order valence-electron chi connectivity index (χ1n) is 10.1. The van der Waals surface area contributed by atoms with Crippen molar-refractivity contribution in [3.8, 4) is 34.8 Å². The third kappa shape index (κ3) is 6.00. The van der Waals surface area contributed by atoms with Crippen LogP contribution >= 0.6 is 11.6 Å². The van der Waals surface area contributed by atoms with E-state index in [1.165, 1.54) is 14.2 Å². The van der Waals surface area contributed by atoms with Gasteiger partial charge in [-0.15, -0.1) is 0 Å². The molecule has 0 radical (unpaired) electrons. The maximum Gasteiger partial charge on any atom is 0.349 e. The summed E-state index contributed by atoms with van der Waals surface area (Å²) in [4.78, 5) is 12.2. The summed E-state index contributed by atoms with van der Waals surface area (Å²) in [5.41, 5.74) is 1.74. The Morgan fingerprint density at radius 1 is 0.882 bits per heavy atom. The fourth-order valence-electron chi connectivity index (χ4n) is 3.06. The number of allylic oxidation sites excluding steroid dienone is 1. The number of nitrogens with zero attached hydrogens (tertiary/aromatic N) is 1. The summed E-state index contributed by atoms with van der Waals surface area (Å²) < 4.78 is 26.7. The van der Waals surface area contributed by atoms with Crippen molar-refractivity contribution in [1.82, 2.24) is 0 Å². The number of hydrogen-bond acceptors (Lipinski definition) is 7. The Hall–Kier alpha value is -4.15. The van der Waals surface area contributed by atoms with Crippen molar-refractivity contribution in [2.24, 2.45) is 0 Å². The number of esters is 1. The maximum absolute atomic E-state index is 12.2. The minimum absolute atomic E-state index is 0.219. The number of halogens is 1. The van der Waals surface area contributed by atoms with Gasteiger partial charge in [-0.1, -0.05) is 29.8 Å². The SMILES string of the molecule is COc1ccc(/C(C#N)=C\c2ccc(OC(=O)COc3ccccc3Cl)c(OC)c2)cc1OC. The first-order chi connectivity index (χ1) is 16.5. The fraction of sp³-hybridized carbons (Fsp3) is 0.154. The molecule has 0 spiro atoms. The summed E-state index contributed by atoms with van der Waals surface area (Å²) >= 11 is 6.02. The van der Waals surface area contributed by atoms with Crippen LogP contribution in [0.2, 0.25) is 5.02 Å². The number of carbonyl (C=O) groups excluding carboxylic acids is 1. The lowest BCUT2D eigenvalue weighted by Crippen LogP contribution is -2.18. The minimum Gasteiger partial charge on any atom is -0.493 e. The van der Waals surface area contributed by atoms with Crippen LogP contribution in [0.4, 0.5) is 0 Å². The van der Waals surface area contributed by atoms with Crippen molar-refractivity contribution in [3.05, 3.63) is 76.8 Å². The van der Waals surface area contributed by atoms with Gasteiger partial charge in [0, 0.05) is 0 Å². The second-order valence-electron chi connectivity index (χ2n) is 6.84. The van der Waals surface area contributed by atoms with Gasteiger partial charge in [0.1, 0.15) is 5.75 Å². The van der Waals surface area contributed by atoms with Crippen molar-refractivity contribution < 1.29 is 28.5 Å². The van der Waals surface area contributed by atoms with E-state index < -0.39 is 5.97 Å². The topological polar surface area (TPSA) is 87.0 Å². The highest BCUT2D eigenvalue weighted by Gasteiger charge is 2.13. The summed E-state index contributed by atoms with van der Waals surface area (Å²) in [7, 11) is 4.53. The van der Waals surface area contributed by atoms with Crippen LogP contribution in [0.3, 0.4) is 0 Å². The zero-order chi connectivity index (χ0) is 24.5. The lowest BCUT2D eigenvalue weighted by Gasteiger charge is -2.12. The van der Waals surface area contributed by atoms with Gasteiger partial charge in [-0.3, -0.25) is 0 Å². The minimum atomic E-state index is -0.621. The van der Waals surface area contributed by atoms with Gasteiger partial charge in [-0.05, 0) is 59.7 Å². The average Bonchev–Trinajstić information content (AvgIpc) is 2.87. The zero-order valence-corrected chi connectivity index (χ0v) is 19.6. The van der Waals surface area contributed by atoms with E-state index in [-0.39, 0.29) is 12.4 Å². The molecule has 0 aliphatic rings. The third-order valence-electron chi connectivity index (χ3n) is 4.72. The molecule has 7 nitrogen and oxygen atoms in total. The van der Waals surface area contributed by atoms with E-state index in [0.717, 1.165) is 0 Å². The van der Waals surface area contributed by atoms with Gasteiger partial charge in [0.05, 0.1) is 38.0 Å². The molecule has 3 rings (SSSR count). The number of hydrogen-bond donors (Lipinski definition) is 0. The van der Waals surface area contributed by atoms with E-state index in [0.29, 0.717) is 44.7 Å². The summed E-state index contributed by atoms with van der Waals surface area (Å²) in [5.74, 6) is 1.38. The molecule has 0 saturated carbocycles. The number of benzene rings is 3. The second kappa shape index (κ2) is 11.6. The van der Waals surface area contributed by atoms with E-state index in [9.17, 15) is 10.1 Å². The van der Waals surface area contributed by atoms with Crippen LogP contribution in [0.5, 0.6) is 28.7 Å². The van der Waals surface area contributed by atoms with E-state index in [1.807, 2.05) is 0 Å². The second-order valence-corrected chi connectivity index (χ2v) is 7.25. The number of para-hydroxylation sites is 1. The molecule has 3 aromatic rings. The first kappa shape index (κ1) is 24.5. The Morgan fingerprint density at radius 3 is 2.24 bits per heavy atom. The molecule has 0 amide bonds. The number of methoxy groups -OCH3 is 3. The van der Waals surface area contributed by atoms with Crippen LogP contribution in [-0.2, 0) is 4.79 Å². The van der Waals surface area contributed by atoms with Crippen LogP contribution in [0.1, 0.15) is 11.1 Å². The number of carbonyl (C=O) groups is 1. The molecule has 3 aromatic carbocycles. The molecule has 0 fully saturated rings. The molecule has 0 aliphatic heterocycles. The predicted octanol–water partition coefficient (Wildman–Crippen LogP) is 5.41. The van der Waals surface area contributed by atoms with E-state index in [1.54, 1.807) is 73.8 Å². The quantitative estimate of drug-likeness (QED) is 0.175. The molecule has 0 bridgehead atoms. The molecule has 0 aliphatic carbocycles. The average molecular weight is 480 g/mol. The van der Waals surface area contributed by atoms with E-state index in [4.69, 9.17) is 35.3 Å².